The number of non-ortho nitro benzene ring substituents is 1. The summed E-state index contributed by atoms with van der Waals surface area (Å²) in [5.74, 6) is -0.734. The Labute approximate surface area is 231 Å². The van der Waals surface area contributed by atoms with E-state index in [1.807, 2.05) is 30.3 Å². The summed E-state index contributed by atoms with van der Waals surface area (Å²) >= 11 is 2.34. The van der Waals surface area contributed by atoms with E-state index >= 15 is 0 Å². The van der Waals surface area contributed by atoms with Crippen molar-refractivity contribution in [2.24, 2.45) is 5.73 Å². The largest absolute Gasteiger partial charge is 0.384 e. The van der Waals surface area contributed by atoms with Crippen LogP contribution in [0.4, 0.5) is 16.5 Å². The highest BCUT2D eigenvalue weighted by Crippen LogP contribution is 2.47. The molecule has 5 rings (SSSR count). The summed E-state index contributed by atoms with van der Waals surface area (Å²) in [7, 11) is 0. The van der Waals surface area contributed by atoms with Gasteiger partial charge in [0.15, 0.2) is 10.1 Å². The van der Waals surface area contributed by atoms with Crippen LogP contribution in [0.25, 0.3) is 0 Å². The minimum atomic E-state index is -0.547. The zero-order chi connectivity index (χ0) is 27.5. The lowest BCUT2D eigenvalue weighted by atomic mass is 9.76. The highest BCUT2D eigenvalue weighted by atomic mass is 32.2. The first-order chi connectivity index (χ1) is 18.9. The van der Waals surface area contributed by atoms with Gasteiger partial charge in [-0.1, -0.05) is 59.5 Å². The van der Waals surface area contributed by atoms with Crippen LogP contribution in [0.2, 0.25) is 0 Å². The molecule has 2 aromatic carbocycles. The maximum atomic E-state index is 13.2. The number of nitrogens with two attached hydrogens (primary N) is 1. The Bertz CT molecular complexity index is 1580. The number of hydrogen-bond donors (Lipinski definition) is 2. The number of rotatable bonds is 7. The quantitative estimate of drug-likeness (QED) is 0.239. The predicted molar refractivity (Wildman–Crippen MR) is 147 cm³/mol. The third kappa shape index (κ3) is 5.25. The van der Waals surface area contributed by atoms with Gasteiger partial charge in [-0.3, -0.25) is 24.6 Å². The number of amides is 1. The minimum Gasteiger partial charge on any atom is -0.384 e. The molecule has 11 nitrogen and oxygen atoms in total. The van der Waals surface area contributed by atoms with Gasteiger partial charge < -0.3 is 11.1 Å². The summed E-state index contributed by atoms with van der Waals surface area (Å²) in [5.41, 5.74) is 9.11. The lowest BCUT2D eigenvalue weighted by Gasteiger charge is -2.38. The van der Waals surface area contributed by atoms with Crippen LogP contribution in [0.5, 0.6) is 0 Å². The number of thioether (sulfide) groups is 1. The van der Waals surface area contributed by atoms with Crippen molar-refractivity contribution in [2.45, 2.75) is 29.5 Å². The molecule has 39 heavy (non-hydrogen) atoms. The summed E-state index contributed by atoms with van der Waals surface area (Å²) in [6.45, 7) is 0. The third-order valence-corrected chi connectivity index (χ3v) is 8.34. The zero-order valence-corrected chi connectivity index (χ0v) is 22.0. The number of nitrogens with one attached hydrogen (secondary N) is 1. The smallest absolute Gasteiger partial charge is 0.271 e. The number of benzene rings is 2. The van der Waals surface area contributed by atoms with E-state index in [9.17, 15) is 25.0 Å². The van der Waals surface area contributed by atoms with Gasteiger partial charge in [-0.05, 0) is 24.5 Å². The van der Waals surface area contributed by atoms with Crippen molar-refractivity contribution in [1.29, 1.82) is 5.26 Å². The van der Waals surface area contributed by atoms with Gasteiger partial charge in [0.25, 0.3) is 5.69 Å². The zero-order valence-electron chi connectivity index (χ0n) is 20.4. The van der Waals surface area contributed by atoms with Crippen LogP contribution in [0.15, 0.2) is 81.6 Å². The lowest BCUT2D eigenvalue weighted by molar-refractivity contribution is -0.384. The number of Topliss-reactive ketones (excluding diaryl/α,β-unsaturated/α-hetero) is 1. The number of anilines is 2. The van der Waals surface area contributed by atoms with E-state index in [0.717, 1.165) is 17.3 Å². The van der Waals surface area contributed by atoms with Crippen LogP contribution in [0.3, 0.4) is 0 Å². The van der Waals surface area contributed by atoms with Crippen LogP contribution in [-0.4, -0.2) is 32.6 Å². The second-order valence-electron chi connectivity index (χ2n) is 8.72. The van der Waals surface area contributed by atoms with E-state index < -0.39 is 10.8 Å². The van der Waals surface area contributed by atoms with Crippen molar-refractivity contribution < 1.29 is 14.5 Å². The molecule has 1 aliphatic heterocycles. The second-order valence-corrected chi connectivity index (χ2v) is 10.9. The summed E-state index contributed by atoms with van der Waals surface area (Å²) in [6.07, 6.45) is 1.64. The van der Waals surface area contributed by atoms with E-state index in [4.69, 9.17) is 5.73 Å². The van der Waals surface area contributed by atoms with Crippen molar-refractivity contribution in [3.05, 3.63) is 92.9 Å². The van der Waals surface area contributed by atoms with Crippen LogP contribution < -0.4 is 16.0 Å². The molecular weight excluding hydrogens is 538 g/mol. The highest BCUT2D eigenvalue weighted by Gasteiger charge is 2.41. The van der Waals surface area contributed by atoms with E-state index in [1.54, 1.807) is 11.0 Å². The highest BCUT2D eigenvalue weighted by molar-refractivity contribution is 8.01. The standard InChI is InChI=1S/C26H21N7O4S2/c27-13-18-22(15-6-2-1-3-7-15)23-19(10-5-11-20(23)34)32(24(18)28)25-30-31-26(39-25)38-14-21(35)29-16-8-4-9-17(12-16)33(36)37/h1-4,6-9,12,22H,5,10-11,14,28H2,(H,29,35). The van der Waals surface area contributed by atoms with E-state index in [-0.39, 0.29) is 34.5 Å². The third-order valence-electron chi connectivity index (χ3n) is 6.30. The number of nitro benzene ring substituents is 1. The van der Waals surface area contributed by atoms with E-state index in [1.165, 1.54) is 29.5 Å². The number of carbonyl (C=O) groups excluding carboxylic acids is 2. The Balaban J connectivity index is 1.38. The molecule has 2 aliphatic rings. The summed E-state index contributed by atoms with van der Waals surface area (Å²) in [4.78, 5) is 37.7. The fraction of sp³-hybridized carbons (Fsp3) is 0.192. The number of nitrogens with zero attached hydrogens (tertiary/aromatic N) is 5. The number of allylic oxidation sites excluding steroid dienone is 3. The van der Waals surface area contributed by atoms with Gasteiger partial charge in [0.05, 0.1) is 28.2 Å². The molecule has 0 saturated carbocycles. The number of hydrogen-bond acceptors (Lipinski definition) is 11. The molecule has 196 valence electrons. The Kier molecular flexibility index (Phi) is 7.40. The number of carbonyl (C=O) groups is 2. The summed E-state index contributed by atoms with van der Waals surface area (Å²) in [6, 6.07) is 17.3. The maximum Gasteiger partial charge on any atom is 0.271 e. The fourth-order valence-corrected chi connectivity index (χ4v) is 6.34. The molecule has 1 aliphatic carbocycles. The molecule has 1 unspecified atom stereocenters. The normalized spacial score (nSPS) is 17.1. The SMILES string of the molecule is N#CC1=C(N)N(c2nnc(SCC(=O)Nc3cccc([N+](=O)[O-])c3)s2)C2=C(C(=O)CCC2)C1c1ccccc1. The van der Waals surface area contributed by atoms with E-state index in [2.05, 4.69) is 21.6 Å². The van der Waals surface area contributed by atoms with Crippen molar-refractivity contribution >= 4 is 51.3 Å². The second kappa shape index (κ2) is 11.1. The maximum absolute atomic E-state index is 13.2. The van der Waals surface area contributed by atoms with Crippen molar-refractivity contribution in [1.82, 2.24) is 10.2 Å². The van der Waals surface area contributed by atoms with Crippen LogP contribution in [-0.2, 0) is 9.59 Å². The van der Waals surface area contributed by atoms with Crippen LogP contribution >= 0.6 is 23.1 Å². The van der Waals surface area contributed by atoms with Gasteiger partial charge >= 0.3 is 0 Å². The first kappa shape index (κ1) is 26.1. The van der Waals surface area contributed by atoms with Crippen molar-refractivity contribution in [2.75, 3.05) is 16.0 Å². The van der Waals surface area contributed by atoms with E-state index in [0.29, 0.717) is 45.7 Å². The molecule has 0 fully saturated rings. The fourth-order valence-electron chi connectivity index (χ4n) is 4.66. The first-order valence-electron chi connectivity index (χ1n) is 11.9. The molecule has 2 heterocycles. The molecule has 0 radical (unpaired) electrons. The van der Waals surface area contributed by atoms with Crippen LogP contribution in [0.1, 0.15) is 30.7 Å². The molecule has 13 heteroatoms. The Morgan fingerprint density at radius 1 is 1.23 bits per heavy atom. The van der Waals surface area contributed by atoms with Gasteiger partial charge in [0.1, 0.15) is 5.82 Å². The topological polar surface area (TPSA) is 168 Å². The summed E-state index contributed by atoms with van der Waals surface area (Å²) in [5, 5.41) is 32.5. The predicted octanol–water partition coefficient (Wildman–Crippen LogP) is 4.48. The first-order valence-corrected chi connectivity index (χ1v) is 13.7. The molecule has 0 saturated heterocycles. The molecule has 3 aromatic rings. The molecule has 1 amide bonds. The number of nitro groups is 1. The average molecular weight is 560 g/mol. The molecule has 3 N–H and O–H groups in total. The van der Waals surface area contributed by atoms with Gasteiger partial charge in [0, 0.05) is 35.5 Å². The lowest BCUT2D eigenvalue weighted by Crippen LogP contribution is -2.38. The number of ketones is 1. The molecule has 0 spiro atoms. The molecule has 1 aromatic heterocycles. The van der Waals surface area contributed by atoms with Crippen LogP contribution in [0, 0.1) is 21.4 Å². The molecule has 0 bridgehead atoms. The van der Waals surface area contributed by atoms with Crippen molar-refractivity contribution in [3.63, 3.8) is 0 Å². The van der Waals surface area contributed by atoms with Gasteiger partial charge in [-0.15, -0.1) is 10.2 Å². The van der Waals surface area contributed by atoms with Gasteiger partial charge in [-0.25, -0.2) is 0 Å². The summed E-state index contributed by atoms with van der Waals surface area (Å²) < 4.78 is 0.486. The minimum absolute atomic E-state index is 0.00535. The average Bonchev–Trinajstić information content (AvgIpc) is 3.40. The Morgan fingerprint density at radius 2 is 2.03 bits per heavy atom. The number of aromatic nitrogens is 2. The van der Waals surface area contributed by atoms with Gasteiger partial charge in [0.2, 0.25) is 11.0 Å². The number of nitriles is 1. The molecular formula is C26H21N7O4S2. The Morgan fingerprint density at radius 3 is 2.77 bits per heavy atom. The van der Waals surface area contributed by atoms with Gasteiger partial charge in [-0.2, -0.15) is 5.26 Å². The molecule has 1 atom stereocenters. The Hall–Kier alpha value is -4.54. The van der Waals surface area contributed by atoms with Crippen molar-refractivity contribution in [3.8, 4) is 6.07 Å². The monoisotopic (exact) mass is 559 g/mol.